The first-order valence-corrected chi connectivity index (χ1v) is 8.50. The maximum absolute atomic E-state index is 11.4. The van der Waals surface area contributed by atoms with Crippen molar-refractivity contribution in [2.45, 2.75) is 26.2 Å². The van der Waals surface area contributed by atoms with E-state index in [-0.39, 0.29) is 22.7 Å². The molecule has 0 aliphatic carbocycles. The monoisotopic (exact) mass is 397 g/mol. The molecule has 0 saturated carbocycles. The number of carboxylic acid groups (broad SMARTS) is 2. The zero-order chi connectivity index (χ0) is 21.1. The van der Waals surface area contributed by atoms with Gasteiger partial charge in [0.05, 0.1) is 24.9 Å². The summed E-state index contributed by atoms with van der Waals surface area (Å²) < 4.78 is 10.7. The van der Waals surface area contributed by atoms with Gasteiger partial charge in [-0.2, -0.15) is 5.10 Å². The van der Waals surface area contributed by atoms with Gasteiger partial charge in [0, 0.05) is 11.6 Å². The zero-order valence-electron chi connectivity index (χ0n) is 15.7. The van der Waals surface area contributed by atoms with Crippen molar-refractivity contribution in [2.75, 3.05) is 26.8 Å². The van der Waals surface area contributed by atoms with Gasteiger partial charge in [0.1, 0.15) is 13.1 Å². The summed E-state index contributed by atoms with van der Waals surface area (Å²) in [7, 11) is 1.33. The fourth-order valence-corrected chi connectivity index (χ4v) is 2.24. The number of carbonyl (C=O) groups is 2. The number of unbranched alkanes of at least 4 members (excludes halogenated alkanes) is 2. The van der Waals surface area contributed by atoms with Crippen LogP contribution in [0.2, 0.25) is 0 Å². The third kappa shape index (κ3) is 7.48. The quantitative estimate of drug-likeness (QED) is 0.220. The smallest absolute Gasteiger partial charge is 0.324 e. The molecule has 0 saturated heterocycles. The fourth-order valence-electron chi connectivity index (χ4n) is 2.24. The minimum Gasteiger partial charge on any atom is -0.493 e. The van der Waals surface area contributed by atoms with E-state index in [1.165, 1.54) is 19.2 Å². The molecule has 0 radical (unpaired) electrons. The van der Waals surface area contributed by atoms with Crippen molar-refractivity contribution >= 4 is 23.8 Å². The van der Waals surface area contributed by atoms with Gasteiger partial charge >= 0.3 is 17.6 Å². The van der Waals surface area contributed by atoms with Crippen molar-refractivity contribution in [1.82, 2.24) is 5.01 Å². The number of hydrogen-bond acceptors (Lipinski definition) is 8. The van der Waals surface area contributed by atoms with Crippen molar-refractivity contribution in [3.63, 3.8) is 0 Å². The number of methoxy groups -OCH3 is 1. The first-order valence-electron chi connectivity index (χ1n) is 8.50. The molecular formula is C17H23N3O8. The highest BCUT2D eigenvalue weighted by Crippen LogP contribution is 2.38. The lowest BCUT2D eigenvalue weighted by atomic mass is 10.2. The van der Waals surface area contributed by atoms with Crippen LogP contribution in [-0.4, -0.2) is 65.1 Å². The van der Waals surface area contributed by atoms with Gasteiger partial charge in [-0.05, 0) is 12.5 Å². The summed E-state index contributed by atoms with van der Waals surface area (Å²) in [6.45, 7) is 1.04. The Hall–Kier alpha value is -3.37. The summed E-state index contributed by atoms with van der Waals surface area (Å²) in [5.74, 6) is -2.42. The van der Waals surface area contributed by atoms with Gasteiger partial charge in [0.15, 0.2) is 5.75 Å². The molecule has 0 aliphatic rings. The Kier molecular flexibility index (Phi) is 9.20. The van der Waals surface area contributed by atoms with E-state index in [4.69, 9.17) is 19.7 Å². The number of hydrazone groups is 1. The summed E-state index contributed by atoms with van der Waals surface area (Å²) in [5, 5.41) is 33.6. The van der Waals surface area contributed by atoms with Crippen molar-refractivity contribution in [3.8, 4) is 11.5 Å². The zero-order valence-corrected chi connectivity index (χ0v) is 15.7. The molecule has 1 aromatic carbocycles. The normalized spacial score (nSPS) is 10.6. The summed E-state index contributed by atoms with van der Waals surface area (Å²) in [4.78, 5) is 32.4. The highest BCUT2D eigenvalue weighted by molar-refractivity contribution is 5.83. The lowest BCUT2D eigenvalue weighted by Crippen LogP contribution is -2.30. The van der Waals surface area contributed by atoms with Crippen molar-refractivity contribution in [2.24, 2.45) is 5.10 Å². The summed E-state index contributed by atoms with van der Waals surface area (Å²) in [5.41, 5.74) is -0.106. The van der Waals surface area contributed by atoms with Crippen molar-refractivity contribution in [1.29, 1.82) is 0 Å². The number of nitrogens with zero attached hydrogens (tertiary/aromatic N) is 3. The molecule has 0 heterocycles. The first-order chi connectivity index (χ1) is 13.3. The number of rotatable bonds is 13. The lowest BCUT2D eigenvalue weighted by Gasteiger charge is -2.14. The van der Waals surface area contributed by atoms with Gasteiger partial charge in [0.25, 0.3) is 0 Å². The van der Waals surface area contributed by atoms with E-state index in [9.17, 15) is 19.7 Å². The number of benzene rings is 1. The van der Waals surface area contributed by atoms with E-state index in [0.717, 1.165) is 30.5 Å². The molecule has 28 heavy (non-hydrogen) atoms. The standard InChI is InChI=1S/C17H23N3O8/c1-3-4-5-6-28-17-13(20(25)26)7-12(8-14(17)27-2)9-18-19(10-15(21)22)11-16(23)24/h7-9H,3-6,10-11H2,1-2H3,(H,21,22)(H,23,24)/b18-9-. The number of ether oxygens (including phenoxy) is 2. The Morgan fingerprint density at radius 2 is 1.89 bits per heavy atom. The molecule has 0 fully saturated rings. The molecule has 2 N–H and O–H groups in total. The highest BCUT2D eigenvalue weighted by atomic mass is 16.6. The molecule has 11 heteroatoms. The molecule has 0 aromatic heterocycles. The maximum Gasteiger partial charge on any atom is 0.324 e. The van der Waals surface area contributed by atoms with E-state index in [0.29, 0.717) is 6.61 Å². The van der Waals surface area contributed by atoms with E-state index in [2.05, 4.69) is 5.10 Å². The van der Waals surface area contributed by atoms with Crippen LogP contribution in [0.25, 0.3) is 0 Å². The molecular weight excluding hydrogens is 374 g/mol. The summed E-state index contributed by atoms with van der Waals surface area (Å²) in [6.07, 6.45) is 3.76. The average molecular weight is 397 g/mol. The number of aliphatic carboxylic acids is 2. The molecule has 1 aromatic rings. The van der Waals surface area contributed by atoms with E-state index < -0.39 is 30.0 Å². The molecule has 154 valence electrons. The summed E-state index contributed by atoms with van der Waals surface area (Å²) in [6, 6.07) is 2.63. The molecule has 0 spiro atoms. The third-order valence-corrected chi connectivity index (χ3v) is 3.47. The van der Waals surface area contributed by atoms with Crippen LogP contribution in [0.1, 0.15) is 31.7 Å². The SMILES string of the molecule is CCCCCOc1c(OC)cc(/C=N\N(CC(=O)O)CC(=O)O)cc1[N+](=O)[O-]. The van der Waals surface area contributed by atoms with Gasteiger partial charge in [0.2, 0.25) is 5.75 Å². The van der Waals surface area contributed by atoms with Crippen LogP contribution in [0.4, 0.5) is 5.69 Å². The van der Waals surface area contributed by atoms with Crippen LogP contribution < -0.4 is 9.47 Å². The predicted octanol–water partition coefficient (Wildman–Crippen LogP) is 1.98. The molecule has 1 rings (SSSR count). The van der Waals surface area contributed by atoms with E-state index >= 15 is 0 Å². The first kappa shape index (κ1) is 22.7. The second kappa shape index (κ2) is 11.4. The molecule has 0 atom stereocenters. The van der Waals surface area contributed by atoms with Crippen LogP contribution in [-0.2, 0) is 9.59 Å². The molecule has 0 bridgehead atoms. The number of nitro benzene ring substituents is 1. The number of nitro groups is 1. The van der Waals surface area contributed by atoms with Gasteiger partial charge in [-0.15, -0.1) is 0 Å². The fraction of sp³-hybridized carbons (Fsp3) is 0.471. The second-order valence-corrected chi connectivity index (χ2v) is 5.74. The van der Waals surface area contributed by atoms with Gasteiger partial charge < -0.3 is 19.7 Å². The maximum atomic E-state index is 11.4. The predicted molar refractivity (Wildman–Crippen MR) is 99.1 cm³/mol. The molecule has 0 aliphatic heterocycles. The Morgan fingerprint density at radius 1 is 1.25 bits per heavy atom. The van der Waals surface area contributed by atoms with Gasteiger partial charge in [-0.25, -0.2) is 0 Å². The van der Waals surface area contributed by atoms with E-state index in [1.54, 1.807) is 0 Å². The van der Waals surface area contributed by atoms with Crippen LogP contribution >= 0.6 is 0 Å². The largest absolute Gasteiger partial charge is 0.493 e. The molecule has 11 nitrogen and oxygen atoms in total. The van der Waals surface area contributed by atoms with Gasteiger partial charge in [-0.3, -0.25) is 24.7 Å². The van der Waals surface area contributed by atoms with E-state index in [1.807, 2.05) is 6.92 Å². The molecule has 0 amide bonds. The second-order valence-electron chi connectivity index (χ2n) is 5.74. The number of carboxylic acids is 2. The van der Waals surface area contributed by atoms with Crippen molar-refractivity contribution < 1.29 is 34.2 Å². The highest BCUT2D eigenvalue weighted by Gasteiger charge is 2.22. The average Bonchev–Trinajstić information content (AvgIpc) is 2.62. The third-order valence-electron chi connectivity index (χ3n) is 3.47. The Balaban J connectivity index is 3.15. The lowest BCUT2D eigenvalue weighted by molar-refractivity contribution is -0.386. The Labute approximate surface area is 161 Å². The minimum atomic E-state index is -1.27. The number of hydrogen-bond donors (Lipinski definition) is 2. The Morgan fingerprint density at radius 3 is 2.39 bits per heavy atom. The Bertz CT molecular complexity index is 719. The van der Waals surface area contributed by atoms with Crippen molar-refractivity contribution in [3.05, 3.63) is 27.8 Å². The minimum absolute atomic E-state index is 0.00585. The summed E-state index contributed by atoms with van der Waals surface area (Å²) >= 11 is 0. The topological polar surface area (TPSA) is 152 Å². The van der Waals surface area contributed by atoms with Crippen LogP contribution in [0.3, 0.4) is 0 Å². The van der Waals surface area contributed by atoms with Crippen LogP contribution in [0, 0.1) is 10.1 Å². The van der Waals surface area contributed by atoms with Crippen LogP contribution in [0.5, 0.6) is 11.5 Å². The van der Waals surface area contributed by atoms with Gasteiger partial charge in [-0.1, -0.05) is 19.8 Å². The molecule has 0 unspecified atom stereocenters. The van der Waals surface area contributed by atoms with Crippen LogP contribution in [0.15, 0.2) is 17.2 Å².